The van der Waals surface area contributed by atoms with Gasteiger partial charge >= 0.3 is 5.97 Å². The van der Waals surface area contributed by atoms with Gasteiger partial charge in [-0.3, -0.25) is 4.79 Å². The Labute approximate surface area is 85.3 Å². The van der Waals surface area contributed by atoms with Gasteiger partial charge in [0.1, 0.15) is 0 Å². The van der Waals surface area contributed by atoms with Crippen LogP contribution in [0.4, 0.5) is 0 Å². The Hall–Kier alpha value is -0.610. The number of carbonyl (C=O) groups is 1. The highest BCUT2D eigenvalue weighted by Gasteiger charge is 2.32. The van der Waals surface area contributed by atoms with E-state index in [1.807, 2.05) is 7.05 Å². The first-order valence-electron chi connectivity index (χ1n) is 5.18. The molecule has 1 aliphatic rings. The zero-order chi connectivity index (χ0) is 10.7. The SMILES string of the molecule is CC(C)NC1CCN(C)CC1C(=O)O. The molecule has 2 N–H and O–H groups in total. The van der Waals surface area contributed by atoms with Crippen LogP contribution in [0.5, 0.6) is 0 Å². The van der Waals surface area contributed by atoms with E-state index in [1.54, 1.807) is 0 Å². The molecular formula is C10H20N2O2. The van der Waals surface area contributed by atoms with Crippen molar-refractivity contribution in [1.82, 2.24) is 10.2 Å². The van der Waals surface area contributed by atoms with Crippen molar-refractivity contribution in [3.8, 4) is 0 Å². The third-order valence-corrected chi connectivity index (χ3v) is 2.68. The van der Waals surface area contributed by atoms with Crippen LogP contribution in [0.15, 0.2) is 0 Å². The highest BCUT2D eigenvalue weighted by Crippen LogP contribution is 2.16. The van der Waals surface area contributed by atoms with Crippen LogP contribution >= 0.6 is 0 Å². The number of rotatable bonds is 3. The fourth-order valence-corrected chi connectivity index (χ4v) is 1.99. The summed E-state index contributed by atoms with van der Waals surface area (Å²) in [5.74, 6) is -0.953. The van der Waals surface area contributed by atoms with Gasteiger partial charge in [-0.05, 0) is 20.0 Å². The predicted octanol–water partition coefficient (Wildman–Crippen LogP) is 0.389. The van der Waals surface area contributed by atoms with E-state index in [4.69, 9.17) is 5.11 Å². The third-order valence-electron chi connectivity index (χ3n) is 2.68. The van der Waals surface area contributed by atoms with Gasteiger partial charge in [0.2, 0.25) is 0 Å². The van der Waals surface area contributed by atoms with Gasteiger partial charge in [-0.1, -0.05) is 13.8 Å². The van der Waals surface area contributed by atoms with Crippen molar-refractivity contribution < 1.29 is 9.90 Å². The van der Waals surface area contributed by atoms with Gasteiger partial charge < -0.3 is 15.3 Å². The van der Waals surface area contributed by atoms with E-state index < -0.39 is 5.97 Å². The van der Waals surface area contributed by atoms with Crippen molar-refractivity contribution in [3.05, 3.63) is 0 Å². The number of carboxylic acids is 1. The lowest BCUT2D eigenvalue weighted by Crippen LogP contribution is -2.52. The fraction of sp³-hybridized carbons (Fsp3) is 0.900. The molecule has 1 saturated heterocycles. The van der Waals surface area contributed by atoms with E-state index in [0.717, 1.165) is 13.0 Å². The Morgan fingerprint density at radius 2 is 2.21 bits per heavy atom. The second kappa shape index (κ2) is 4.75. The lowest BCUT2D eigenvalue weighted by molar-refractivity contribution is -0.144. The molecular weight excluding hydrogens is 180 g/mol. The largest absolute Gasteiger partial charge is 0.481 e. The summed E-state index contributed by atoms with van der Waals surface area (Å²) in [6.07, 6.45) is 0.922. The van der Waals surface area contributed by atoms with Gasteiger partial charge in [0.25, 0.3) is 0 Å². The average Bonchev–Trinajstić information content (AvgIpc) is 2.07. The maximum Gasteiger partial charge on any atom is 0.309 e. The van der Waals surface area contributed by atoms with E-state index in [-0.39, 0.29) is 12.0 Å². The first-order chi connectivity index (χ1) is 6.50. The molecule has 1 aliphatic heterocycles. The van der Waals surface area contributed by atoms with E-state index in [2.05, 4.69) is 24.1 Å². The number of hydrogen-bond donors (Lipinski definition) is 2. The molecule has 0 aromatic heterocycles. The molecule has 0 spiro atoms. The van der Waals surface area contributed by atoms with Crippen LogP contribution in [0.25, 0.3) is 0 Å². The molecule has 2 atom stereocenters. The number of nitrogens with one attached hydrogen (secondary N) is 1. The molecule has 0 saturated carbocycles. The Morgan fingerprint density at radius 1 is 1.57 bits per heavy atom. The van der Waals surface area contributed by atoms with Crippen molar-refractivity contribution in [2.24, 2.45) is 5.92 Å². The molecule has 2 unspecified atom stereocenters. The molecule has 0 aliphatic carbocycles. The Balaban J connectivity index is 2.58. The number of piperidine rings is 1. The number of aliphatic carboxylic acids is 1. The van der Waals surface area contributed by atoms with Crippen LogP contribution in [-0.2, 0) is 4.79 Å². The fourth-order valence-electron chi connectivity index (χ4n) is 1.99. The molecule has 4 heteroatoms. The van der Waals surface area contributed by atoms with Crippen LogP contribution in [0.3, 0.4) is 0 Å². The van der Waals surface area contributed by atoms with Gasteiger partial charge in [-0.2, -0.15) is 0 Å². The monoisotopic (exact) mass is 200 g/mol. The average molecular weight is 200 g/mol. The van der Waals surface area contributed by atoms with E-state index in [1.165, 1.54) is 0 Å². The maximum atomic E-state index is 11.0. The second-order valence-corrected chi connectivity index (χ2v) is 4.42. The Kier molecular flexibility index (Phi) is 3.89. The maximum absolute atomic E-state index is 11.0. The molecule has 1 heterocycles. The van der Waals surface area contributed by atoms with Crippen LogP contribution in [0.1, 0.15) is 20.3 Å². The molecule has 4 nitrogen and oxygen atoms in total. The van der Waals surface area contributed by atoms with Crippen molar-refractivity contribution in [1.29, 1.82) is 0 Å². The lowest BCUT2D eigenvalue weighted by Gasteiger charge is -2.35. The summed E-state index contributed by atoms with van der Waals surface area (Å²) in [6, 6.07) is 0.481. The number of nitrogens with zero attached hydrogens (tertiary/aromatic N) is 1. The summed E-state index contributed by atoms with van der Waals surface area (Å²) in [5, 5.41) is 12.4. The smallest absolute Gasteiger partial charge is 0.309 e. The summed E-state index contributed by atoms with van der Waals surface area (Å²) >= 11 is 0. The van der Waals surface area contributed by atoms with Crippen molar-refractivity contribution in [2.75, 3.05) is 20.1 Å². The molecule has 1 rings (SSSR count). The minimum atomic E-state index is -0.685. The van der Waals surface area contributed by atoms with Gasteiger partial charge in [-0.25, -0.2) is 0 Å². The highest BCUT2D eigenvalue weighted by molar-refractivity contribution is 5.71. The third kappa shape index (κ3) is 2.96. The predicted molar refractivity (Wildman–Crippen MR) is 55.3 cm³/mol. The summed E-state index contributed by atoms with van der Waals surface area (Å²) in [4.78, 5) is 13.1. The minimum Gasteiger partial charge on any atom is -0.481 e. The summed E-state index contributed by atoms with van der Waals surface area (Å²) in [7, 11) is 1.97. The number of carboxylic acid groups (broad SMARTS) is 1. The normalized spacial score (nSPS) is 29.4. The summed E-state index contributed by atoms with van der Waals surface area (Å²) in [6.45, 7) is 5.74. The van der Waals surface area contributed by atoms with Crippen molar-refractivity contribution in [2.45, 2.75) is 32.4 Å². The van der Waals surface area contributed by atoms with E-state index >= 15 is 0 Å². The van der Waals surface area contributed by atoms with Gasteiger partial charge in [-0.15, -0.1) is 0 Å². The lowest BCUT2D eigenvalue weighted by atomic mass is 9.92. The van der Waals surface area contributed by atoms with Crippen LogP contribution < -0.4 is 5.32 Å². The topological polar surface area (TPSA) is 52.6 Å². The van der Waals surface area contributed by atoms with Gasteiger partial charge in [0, 0.05) is 18.6 Å². The van der Waals surface area contributed by atoms with Crippen LogP contribution in [0, 0.1) is 5.92 Å². The molecule has 0 aromatic rings. The number of hydrogen-bond acceptors (Lipinski definition) is 3. The van der Waals surface area contributed by atoms with E-state index in [0.29, 0.717) is 12.6 Å². The quantitative estimate of drug-likeness (QED) is 0.692. The Morgan fingerprint density at radius 3 is 2.71 bits per heavy atom. The second-order valence-electron chi connectivity index (χ2n) is 4.42. The molecule has 82 valence electrons. The van der Waals surface area contributed by atoms with Crippen molar-refractivity contribution >= 4 is 5.97 Å². The van der Waals surface area contributed by atoms with E-state index in [9.17, 15) is 4.79 Å². The van der Waals surface area contributed by atoms with Crippen molar-refractivity contribution in [3.63, 3.8) is 0 Å². The zero-order valence-electron chi connectivity index (χ0n) is 9.16. The molecule has 14 heavy (non-hydrogen) atoms. The first-order valence-corrected chi connectivity index (χ1v) is 5.18. The highest BCUT2D eigenvalue weighted by atomic mass is 16.4. The summed E-state index contributed by atoms with van der Waals surface area (Å²) < 4.78 is 0. The molecule has 0 amide bonds. The zero-order valence-corrected chi connectivity index (χ0v) is 9.16. The van der Waals surface area contributed by atoms with Crippen LogP contribution in [0.2, 0.25) is 0 Å². The van der Waals surface area contributed by atoms with Gasteiger partial charge in [0.05, 0.1) is 5.92 Å². The minimum absolute atomic E-state index is 0.128. The van der Waals surface area contributed by atoms with Crippen LogP contribution in [-0.4, -0.2) is 48.2 Å². The first kappa shape index (κ1) is 11.5. The standard InChI is InChI=1S/C10H20N2O2/c1-7(2)11-9-4-5-12(3)6-8(9)10(13)14/h7-9,11H,4-6H2,1-3H3,(H,13,14). The molecule has 0 bridgehead atoms. The summed E-state index contributed by atoms with van der Waals surface area (Å²) in [5.41, 5.74) is 0. The molecule has 0 aromatic carbocycles. The Bertz CT molecular complexity index is 206. The molecule has 0 radical (unpaired) electrons. The number of likely N-dealkylation sites (tertiary alicyclic amines) is 1. The van der Waals surface area contributed by atoms with Gasteiger partial charge in [0.15, 0.2) is 0 Å². The molecule has 1 fully saturated rings.